The van der Waals surface area contributed by atoms with Crippen LogP contribution in [-0.2, 0) is 20.9 Å². The number of ether oxygens (including phenoxy) is 2. The molecular weight excluding hydrogens is 518 g/mol. The van der Waals surface area contributed by atoms with E-state index in [1.165, 1.54) is 5.56 Å². The van der Waals surface area contributed by atoms with Gasteiger partial charge in [-0.3, -0.25) is 4.79 Å². The van der Waals surface area contributed by atoms with E-state index in [-0.39, 0.29) is 17.4 Å². The highest BCUT2D eigenvalue weighted by atomic mass is 16.8. The van der Waals surface area contributed by atoms with Gasteiger partial charge in [-0.2, -0.15) is 0 Å². The molecule has 1 spiro atoms. The van der Waals surface area contributed by atoms with Crippen LogP contribution in [0.3, 0.4) is 0 Å². The lowest BCUT2D eigenvalue weighted by atomic mass is 9.76. The number of benzene rings is 2. The fraction of sp³-hybridized carbons (Fsp3) is 0.576. The summed E-state index contributed by atoms with van der Waals surface area (Å²) < 4.78 is 10.8. The monoisotopic (exact) mass is 561 g/mol. The molecule has 2 aromatic carbocycles. The lowest BCUT2D eigenvalue weighted by molar-refractivity contribution is -0.139. The molecule has 8 heteroatoms. The van der Waals surface area contributed by atoms with Crippen molar-refractivity contribution in [2.24, 2.45) is 11.3 Å². The van der Waals surface area contributed by atoms with Gasteiger partial charge < -0.3 is 24.1 Å². The first-order valence-electron chi connectivity index (χ1n) is 15.3. The standard InChI is InChI=1S/C33H43N3O5/c1-39-28-13-11-25(12-14-28)21-35-20-17-33(31(35)37)15-18-34(19-16-33)22-27-23-36(24-30(27)26-7-3-2-4-8-26)41-32(38)40-29-9-5-6-10-29/h2-4,7-8,11-14,27,29-30H,5-6,9-10,15-24H2,1H3/t27-,30+/m0/s1. The summed E-state index contributed by atoms with van der Waals surface area (Å²) in [7, 11) is 1.67. The second-order valence-corrected chi connectivity index (χ2v) is 12.4. The average molecular weight is 562 g/mol. The summed E-state index contributed by atoms with van der Waals surface area (Å²) >= 11 is 0. The van der Waals surface area contributed by atoms with Crippen molar-refractivity contribution >= 4 is 12.1 Å². The van der Waals surface area contributed by atoms with Gasteiger partial charge in [-0.05, 0) is 87.2 Å². The molecule has 1 amide bonds. The van der Waals surface area contributed by atoms with E-state index < -0.39 is 6.16 Å². The summed E-state index contributed by atoms with van der Waals surface area (Å²) in [5, 5.41) is 1.81. The Morgan fingerprint density at radius 3 is 2.34 bits per heavy atom. The van der Waals surface area contributed by atoms with Crippen molar-refractivity contribution in [2.75, 3.05) is 46.4 Å². The summed E-state index contributed by atoms with van der Waals surface area (Å²) in [6.45, 7) is 5.62. The summed E-state index contributed by atoms with van der Waals surface area (Å²) in [5.74, 6) is 1.76. The fourth-order valence-corrected chi connectivity index (χ4v) is 7.39. The summed E-state index contributed by atoms with van der Waals surface area (Å²) in [5.41, 5.74) is 2.19. The molecule has 1 saturated carbocycles. The summed E-state index contributed by atoms with van der Waals surface area (Å²) in [6.07, 6.45) is 6.28. The summed E-state index contributed by atoms with van der Waals surface area (Å²) in [6, 6.07) is 18.6. The zero-order valence-corrected chi connectivity index (χ0v) is 24.2. The molecule has 0 bridgehead atoms. The third-order valence-corrected chi connectivity index (χ3v) is 9.84. The van der Waals surface area contributed by atoms with E-state index >= 15 is 0 Å². The smallest absolute Gasteiger partial charge is 0.497 e. The molecule has 1 aliphatic carbocycles. The molecule has 220 valence electrons. The minimum absolute atomic E-state index is 0.00285. The number of likely N-dealkylation sites (tertiary alicyclic amines) is 2. The molecule has 4 aliphatic rings. The van der Waals surface area contributed by atoms with E-state index in [4.69, 9.17) is 14.3 Å². The molecule has 41 heavy (non-hydrogen) atoms. The molecule has 0 unspecified atom stereocenters. The number of hydroxylamine groups is 2. The van der Waals surface area contributed by atoms with Crippen LogP contribution in [0, 0.1) is 11.3 Å². The van der Waals surface area contributed by atoms with Crippen molar-refractivity contribution < 1.29 is 23.9 Å². The largest absolute Gasteiger partial charge is 0.528 e. The number of amides is 1. The van der Waals surface area contributed by atoms with Crippen molar-refractivity contribution in [2.45, 2.75) is 63.5 Å². The number of nitrogens with zero attached hydrogens (tertiary/aromatic N) is 3. The molecule has 3 aliphatic heterocycles. The van der Waals surface area contributed by atoms with Gasteiger partial charge in [0.2, 0.25) is 5.91 Å². The van der Waals surface area contributed by atoms with Gasteiger partial charge in [0.25, 0.3) is 0 Å². The molecule has 2 aromatic rings. The minimum atomic E-state index is -0.566. The highest BCUT2D eigenvalue weighted by molar-refractivity contribution is 5.85. The molecule has 3 saturated heterocycles. The minimum Gasteiger partial charge on any atom is -0.497 e. The first-order chi connectivity index (χ1) is 20.0. The number of rotatable bonds is 8. The van der Waals surface area contributed by atoms with E-state index in [0.29, 0.717) is 31.5 Å². The Kier molecular flexibility index (Phi) is 8.49. The van der Waals surface area contributed by atoms with E-state index in [0.717, 1.165) is 82.4 Å². The van der Waals surface area contributed by atoms with Gasteiger partial charge in [0.1, 0.15) is 11.9 Å². The number of carbonyl (C=O) groups excluding carboxylic acids is 2. The number of carbonyl (C=O) groups is 2. The normalized spacial score (nSPS) is 25.2. The summed E-state index contributed by atoms with van der Waals surface area (Å²) in [4.78, 5) is 36.4. The third kappa shape index (κ3) is 6.38. The molecule has 0 N–H and O–H groups in total. The van der Waals surface area contributed by atoms with Crippen molar-refractivity contribution in [3.8, 4) is 5.75 Å². The first-order valence-corrected chi connectivity index (χ1v) is 15.3. The lowest BCUT2D eigenvalue weighted by Crippen LogP contribution is -2.46. The Morgan fingerprint density at radius 1 is 0.927 bits per heavy atom. The van der Waals surface area contributed by atoms with Gasteiger partial charge in [-0.15, -0.1) is 5.06 Å². The van der Waals surface area contributed by atoms with Crippen LogP contribution in [0.15, 0.2) is 54.6 Å². The van der Waals surface area contributed by atoms with Crippen LogP contribution in [-0.4, -0.2) is 79.4 Å². The van der Waals surface area contributed by atoms with Crippen molar-refractivity contribution in [3.05, 3.63) is 65.7 Å². The third-order valence-electron chi connectivity index (χ3n) is 9.84. The Morgan fingerprint density at radius 2 is 1.63 bits per heavy atom. The van der Waals surface area contributed by atoms with E-state index in [1.54, 1.807) is 7.11 Å². The molecule has 0 radical (unpaired) electrons. The van der Waals surface area contributed by atoms with E-state index in [1.807, 2.05) is 40.3 Å². The van der Waals surface area contributed by atoms with Gasteiger partial charge in [0, 0.05) is 38.6 Å². The number of piperidine rings is 1. The Labute approximate surface area is 243 Å². The Hall–Kier alpha value is -3.10. The lowest BCUT2D eigenvalue weighted by Gasteiger charge is -2.39. The van der Waals surface area contributed by atoms with Crippen molar-refractivity contribution in [1.29, 1.82) is 0 Å². The SMILES string of the molecule is COc1ccc(CN2CCC3(CCN(C[C@H]4CN(OC(=O)OC5CCCC5)C[C@@H]4c4ccccc4)CC3)C2=O)cc1. The topological polar surface area (TPSA) is 71.6 Å². The number of hydrogen-bond donors (Lipinski definition) is 0. The van der Waals surface area contributed by atoms with Crippen LogP contribution >= 0.6 is 0 Å². The highest BCUT2D eigenvalue weighted by Crippen LogP contribution is 2.43. The molecule has 4 fully saturated rings. The highest BCUT2D eigenvalue weighted by Gasteiger charge is 2.48. The molecular formula is C33H43N3O5. The fourth-order valence-electron chi connectivity index (χ4n) is 7.39. The zero-order valence-electron chi connectivity index (χ0n) is 24.2. The maximum Gasteiger partial charge on any atom is 0.528 e. The molecule has 8 nitrogen and oxygen atoms in total. The van der Waals surface area contributed by atoms with Crippen molar-refractivity contribution in [3.63, 3.8) is 0 Å². The van der Waals surface area contributed by atoms with E-state index in [2.05, 4.69) is 29.2 Å². The first kappa shape index (κ1) is 28.0. The molecule has 6 rings (SSSR count). The van der Waals surface area contributed by atoms with Gasteiger partial charge in [0.15, 0.2) is 0 Å². The average Bonchev–Trinajstić information content (AvgIpc) is 3.72. The molecule has 2 atom stereocenters. The molecule has 0 aromatic heterocycles. The Bertz CT molecular complexity index is 1180. The zero-order chi connectivity index (χ0) is 28.2. The van der Waals surface area contributed by atoms with Crippen LogP contribution in [0.1, 0.15) is 62.0 Å². The van der Waals surface area contributed by atoms with Crippen LogP contribution in [0.5, 0.6) is 5.75 Å². The van der Waals surface area contributed by atoms with Crippen LogP contribution < -0.4 is 4.74 Å². The van der Waals surface area contributed by atoms with Crippen molar-refractivity contribution in [1.82, 2.24) is 14.9 Å². The number of hydrogen-bond acceptors (Lipinski definition) is 7. The second-order valence-electron chi connectivity index (χ2n) is 12.4. The second kappa shape index (κ2) is 12.4. The van der Waals surface area contributed by atoms with E-state index in [9.17, 15) is 9.59 Å². The number of methoxy groups -OCH3 is 1. The van der Waals surface area contributed by atoms with Gasteiger partial charge in [0.05, 0.1) is 12.5 Å². The predicted molar refractivity (Wildman–Crippen MR) is 155 cm³/mol. The van der Waals surface area contributed by atoms with Gasteiger partial charge >= 0.3 is 6.16 Å². The maximum absolute atomic E-state index is 13.6. The van der Waals surface area contributed by atoms with Crippen LogP contribution in [0.4, 0.5) is 4.79 Å². The van der Waals surface area contributed by atoms with Gasteiger partial charge in [-0.1, -0.05) is 42.5 Å². The van der Waals surface area contributed by atoms with Crippen LogP contribution in [0.2, 0.25) is 0 Å². The van der Waals surface area contributed by atoms with Gasteiger partial charge in [-0.25, -0.2) is 4.79 Å². The Balaban J connectivity index is 1.04. The van der Waals surface area contributed by atoms with Crippen LogP contribution in [0.25, 0.3) is 0 Å². The predicted octanol–water partition coefficient (Wildman–Crippen LogP) is 5.24. The maximum atomic E-state index is 13.6. The molecule has 3 heterocycles. The quantitative estimate of drug-likeness (QED) is 0.409.